The van der Waals surface area contributed by atoms with Crippen LogP contribution in [0.5, 0.6) is 0 Å². The van der Waals surface area contributed by atoms with Gasteiger partial charge in [-0.2, -0.15) is 5.10 Å². The topological polar surface area (TPSA) is 73.6 Å². The van der Waals surface area contributed by atoms with Crippen molar-refractivity contribution in [1.82, 2.24) is 9.78 Å². The number of benzene rings is 1. The van der Waals surface area contributed by atoms with Crippen molar-refractivity contribution in [1.29, 1.82) is 0 Å². The molecule has 3 heterocycles. The Labute approximate surface area is 153 Å². The highest BCUT2D eigenvalue weighted by Crippen LogP contribution is 2.30. The third-order valence-corrected chi connectivity index (χ3v) is 5.19. The van der Waals surface area contributed by atoms with Crippen molar-refractivity contribution in [3.05, 3.63) is 77.2 Å². The van der Waals surface area contributed by atoms with Crippen LogP contribution in [-0.4, -0.2) is 27.6 Å². The second-order valence-electron chi connectivity index (χ2n) is 5.80. The number of aromatic nitrogens is 2. The van der Waals surface area contributed by atoms with Crippen LogP contribution in [-0.2, 0) is 15.9 Å². The summed E-state index contributed by atoms with van der Waals surface area (Å²) in [6.45, 7) is 0.210. The van der Waals surface area contributed by atoms with Gasteiger partial charge in [0.25, 0.3) is 0 Å². The lowest BCUT2D eigenvalue weighted by Gasteiger charge is -2.17. The molecule has 1 aliphatic rings. The molecular weight excluding hydrogens is 352 g/mol. The van der Waals surface area contributed by atoms with Gasteiger partial charge in [-0.3, -0.25) is 4.68 Å². The van der Waals surface area contributed by atoms with Crippen LogP contribution < -0.4 is 0 Å². The molecule has 3 aromatic rings. The van der Waals surface area contributed by atoms with Gasteiger partial charge in [-0.25, -0.2) is 4.79 Å². The smallest absolute Gasteiger partial charge is 0.345 e. The number of allylic oxidation sites excluding steroid dienone is 1. The Morgan fingerprint density at radius 2 is 2.08 bits per heavy atom. The average molecular weight is 368 g/mol. The SMILES string of the molecule is O=C(O)c1ccc(-c2ccn(C(Cc3ccccc3)C3=COCO3)n2)s1. The van der Waals surface area contributed by atoms with Gasteiger partial charge in [-0.1, -0.05) is 30.3 Å². The minimum absolute atomic E-state index is 0.132. The highest BCUT2D eigenvalue weighted by molar-refractivity contribution is 7.17. The van der Waals surface area contributed by atoms with Crippen LogP contribution in [0.1, 0.15) is 21.3 Å². The Kier molecular flexibility index (Phi) is 4.45. The molecule has 1 N–H and O–H groups in total. The molecule has 4 rings (SSSR count). The molecule has 7 heteroatoms. The Balaban J connectivity index is 1.63. The fourth-order valence-corrected chi connectivity index (χ4v) is 3.63. The fraction of sp³-hybridized carbons (Fsp3) is 0.158. The summed E-state index contributed by atoms with van der Waals surface area (Å²) in [7, 11) is 0. The largest absolute Gasteiger partial charge is 0.477 e. The number of carboxylic acids is 1. The van der Waals surface area contributed by atoms with E-state index in [-0.39, 0.29) is 12.8 Å². The molecule has 26 heavy (non-hydrogen) atoms. The van der Waals surface area contributed by atoms with Crippen LogP contribution in [0.3, 0.4) is 0 Å². The molecular formula is C19H16N2O4S. The van der Waals surface area contributed by atoms with E-state index in [4.69, 9.17) is 14.6 Å². The summed E-state index contributed by atoms with van der Waals surface area (Å²) in [5, 5.41) is 13.7. The van der Waals surface area contributed by atoms with E-state index in [2.05, 4.69) is 17.2 Å². The number of carbonyl (C=O) groups is 1. The van der Waals surface area contributed by atoms with E-state index in [0.717, 1.165) is 21.9 Å². The summed E-state index contributed by atoms with van der Waals surface area (Å²) in [6, 6.07) is 15.2. The van der Waals surface area contributed by atoms with Gasteiger partial charge in [0.1, 0.15) is 22.9 Å². The first kappa shape index (κ1) is 16.4. The van der Waals surface area contributed by atoms with Gasteiger partial charge >= 0.3 is 5.97 Å². The van der Waals surface area contributed by atoms with Gasteiger partial charge < -0.3 is 14.6 Å². The standard InChI is InChI=1S/C19H16N2O4S/c22-19(23)18-7-6-17(26-18)14-8-9-21(20-14)15(16-11-24-12-25-16)10-13-4-2-1-3-5-13/h1-9,11,15H,10,12H2,(H,22,23). The van der Waals surface area contributed by atoms with E-state index in [9.17, 15) is 4.79 Å². The number of aromatic carboxylic acids is 1. The predicted octanol–water partition coefficient (Wildman–Crippen LogP) is 3.94. The molecule has 2 aromatic heterocycles. The maximum atomic E-state index is 11.1. The molecule has 0 spiro atoms. The molecule has 0 bridgehead atoms. The molecule has 0 amide bonds. The summed E-state index contributed by atoms with van der Waals surface area (Å²) in [5.74, 6) is -0.204. The maximum Gasteiger partial charge on any atom is 0.345 e. The molecule has 1 aliphatic heterocycles. The minimum Gasteiger partial charge on any atom is -0.477 e. The van der Waals surface area contributed by atoms with E-state index in [1.807, 2.05) is 35.1 Å². The third-order valence-electron chi connectivity index (χ3n) is 4.09. The average Bonchev–Trinajstić information content (AvgIpc) is 3.41. The third kappa shape index (κ3) is 3.34. The van der Waals surface area contributed by atoms with Gasteiger partial charge in [-0.05, 0) is 23.8 Å². The predicted molar refractivity (Wildman–Crippen MR) is 96.8 cm³/mol. The molecule has 132 valence electrons. The Morgan fingerprint density at radius 3 is 2.77 bits per heavy atom. The number of rotatable bonds is 6. The molecule has 0 saturated heterocycles. The van der Waals surface area contributed by atoms with Crippen molar-refractivity contribution in [3.63, 3.8) is 0 Å². The number of hydrogen-bond acceptors (Lipinski definition) is 5. The van der Waals surface area contributed by atoms with Gasteiger partial charge in [0.05, 0.1) is 4.88 Å². The van der Waals surface area contributed by atoms with Crippen molar-refractivity contribution < 1.29 is 19.4 Å². The van der Waals surface area contributed by atoms with Crippen molar-refractivity contribution in [3.8, 4) is 10.6 Å². The Morgan fingerprint density at radius 1 is 1.23 bits per heavy atom. The van der Waals surface area contributed by atoms with E-state index < -0.39 is 5.97 Å². The molecule has 1 unspecified atom stereocenters. The number of ether oxygens (including phenoxy) is 2. The highest BCUT2D eigenvalue weighted by atomic mass is 32.1. The molecule has 6 nitrogen and oxygen atoms in total. The molecule has 1 atom stereocenters. The fourth-order valence-electron chi connectivity index (χ4n) is 2.82. The van der Waals surface area contributed by atoms with Gasteiger partial charge in [0.2, 0.25) is 6.79 Å². The van der Waals surface area contributed by atoms with E-state index in [1.165, 1.54) is 11.3 Å². The lowest BCUT2D eigenvalue weighted by atomic mass is 10.1. The zero-order valence-corrected chi connectivity index (χ0v) is 14.6. The second kappa shape index (κ2) is 7.05. The van der Waals surface area contributed by atoms with Crippen LogP contribution >= 0.6 is 11.3 Å². The van der Waals surface area contributed by atoms with Crippen molar-refractivity contribution in [2.24, 2.45) is 0 Å². The quantitative estimate of drug-likeness (QED) is 0.713. The van der Waals surface area contributed by atoms with Crippen LogP contribution in [0.25, 0.3) is 10.6 Å². The molecule has 0 saturated carbocycles. The molecule has 1 aromatic carbocycles. The Hall–Kier alpha value is -3.06. The number of nitrogens with zero attached hydrogens (tertiary/aromatic N) is 2. The Bertz CT molecular complexity index is 945. The molecule has 0 aliphatic carbocycles. The van der Waals surface area contributed by atoms with Gasteiger partial charge in [0.15, 0.2) is 5.76 Å². The summed E-state index contributed by atoms with van der Waals surface area (Å²) < 4.78 is 12.7. The van der Waals surface area contributed by atoms with Crippen molar-refractivity contribution in [2.75, 3.05) is 6.79 Å². The summed E-state index contributed by atoms with van der Waals surface area (Å²) in [5.41, 5.74) is 1.90. The second-order valence-corrected chi connectivity index (χ2v) is 6.89. The number of thiophene rings is 1. The van der Waals surface area contributed by atoms with Crippen molar-refractivity contribution >= 4 is 17.3 Å². The number of hydrogen-bond donors (Lipinski definition) is 1. The lowest BCUT2D eigenvalue weighted by Crippen LogP contribution is -2.16. The monoisotopic (exact) mass is 368 g/mol. The molecule has 0 radical (unpaired) electrons. The van der Waals surface area contributed by atoms with Crippen LogP contribution in [0.15, 0.2) is 66.7 Å². The minimum atomic E-state index is -0.927. The normalized spacial score (nSPS) is 14.4. The summed E-state index contributed by atoms with van der Waals surface area (Å²) >= 11 is 1.21. The first-order valence-electron chi connectivity index (χ1n) is 8.08. The van der Waals surface area contributed by atoms with Crippen LogP contribution in [0.2, 0.25) is 0 Å². The van der Waals surface area contributed by atoms with E-state index >= 15 is 0 Å². The van der Waals surface area contributed by atoms with Gasteiger partial charge in [0, 0.05) is 12.6 Å². The van der Waals surface area contributed by atoms with Crippen LogP contribution in [0.4, 0.5) is 0 Å². The zero-order chi connectivity index (χ0) is 17.9. The van der Waals surface area contributed by atoms with Crippen LogP contribution in [0, 0.1) is 0 Å². The first-order chi connectivity index (χ1) is 12.7. The maximum absolute atomic E-state index is 11.1. The molecule has 0 fully saturated rings. The van der Waals surface area contributed by atoms with E-state index in [0.29, 0.717) is 11.3 Å². The highest BCUT2D eigenvalue weighted by Gasteiger charge is 2.24. The van der Waals surface area contributed by atoms with E-state index in [1.54, 1.807) is 18.4 Å². The van der Waals surface area contributed by atoms with Crippen molar-refractivity contribution in [2.45, 2.75) is 12.5 Å². The summed E-state index contributed by atoms with van der Waals surface area (Å²) in [4.78, 5) is 12.2. The first-order valence-corrected chi connectivity index (χ1v) is 8.89. The number of carboxylic acid groups (broad SMARTS) is 1. The van der Waals surface area contributed by atoms with Gasteiger partial charge in [-0.15, -0.1) is 11.3 Å². The zero-order valence-electron chi connectivity index (χ0n) is 13.7. The summed E-state index contributed by atoms with van der Waals surface area (Å²) in [6.07, 6.45) is 4.22. The lowest BCUT2D eigenvalue weighted by molar-refractivity contribution is 0.0698.